The van der Waals surface area contributed by atoms with Gasteiger partial charge in [0.15, 0.2) is 6.79 Å². The number of phenolic OH excluding ortho intramolecular Hbond substituents is 1. The Morgan fingerprint density at radius 3 is 2.38 bits per heavy atom. The van der Waals surface area contributed by atoms with Crippen LogP contribution < -0.4 is 15.4 Å². The molecule has 11 nitrogen and oxygen atoms in total. The molecule has 8 unspecified atom stereocenters. The van der Waals surface area contributed by atoms with Gasteiger partial charge in [-0.2, -0.15) is 0 Å². The smallest absolute Gasteiger partial charge is 0.309 e. The fraction of sp³-hybridized carbons (Fsp3) is 0.529. The van der Waals surface area contributed by atoms with Crippen molar-refractivity contribution in [2.45, 2.75) is 65.1 Å². The maximum absolute atomic E-state index is 13.8. The Morgan fingerprint density at radius 2 is 1.64 bits per heavy atom. The second-order valence-electron chi connectivity index (χ2n) is 12.2. The van der Waals surface area contributed by atoms with Crippen molar-refractivity contribution in [2.75, 3.05) is 24.0 Å². The highest BCUT2D eigenvalue weighted by Crippen LogP contribution is 2.55. The Morgan fingerprint density at radius 1 is 0.956 bits per heavy atom. The zero-order chi connectivity index (χ0) is 32.1. The van der Waals surface area contributed by atoms with E-state index in [0.717, 1.165) is 6.42 Å². The first kappa shape index (κ1) is 32.3. The molecule has 0 aromatic heterocycles. The van der Waals surface area contributed by atoms with Crippen LogP contribution in [-0.4, -0.2) is 54.5 Å². The van der Waals surface area contributed by atoms with Crippen molar-refractivity contribution < 1.29 is 43.2 Å². The summed E-state index contributed by atoms with van der Waals surface area (Å²) in [6.07, 6.45) is 1.32. The predicted molar refractivity (Wildman–Crippen MR) is 164 cm³/mol. The van der Waals surface area contributed by atoms with Gasteiger partial charge in [0, 0.05) is 30.3 Å². The van der Waals surface area contributed by atoms with Gasteiger partial charge in [0.25, 0.3) is 0 Å². The fourth-order valence-electron chi connectivity index (χ4n) is 6.88. The number of nitrogens with one attached hydrogen (secondary N) is 2. The number of amides is 2. The van der Waals surface area contributed by atoms with E-state index >= 15 is 0 Å². The monoisotopic (exact) mass is 622 g/mol. The molecular weight excluding hydrogens is 580 g/mol. The molecule has 2 aliphatic carbocycles. The van der Waals surface area contributed by atoms with Crippen LogP contribution in [-0.2, 0) is 33.4 Å². The third kappa shape index (κ3) is 7.24. The van der Waals surface area contributed by atoms with Crippen LogP contribution in [0.3, 0.4) is 0 Å². The van der Waals surface area contributed by atoms with Gasteiger partial charge in [-0.3, -0.25) is 19.2 Å². The number of fused-ring (bicyclic) bond motifs is 1. The minimum absolute atomic E-state index is 0.0141. The molecule has 2 bridgehead atoms. The standard InChI is InChI=1S/C34H42N2O9/c1-4-20(31(38)35-25-10-6-8-12-27(25)37)15-22(32(39)36-26-11-7-9-13-28(26)43-18-42-5-2)14-19(3)33(40)44-29-21-16-23-24(17-21)34(41)45-30(23)29/h6-13,19-24,29-30,37H,4-5,14-18H2,1-3H3,(H,35,38)(H,36,39). The topological polar surface area (TPSA) is 149 Å². The van der Waals surface area contributed by atoms with Crippen molar-refractivity contribution >= 4 is 35.1 Å². The lowest BCUT2D eigenvalue weighted by atomic mass is 9.85. The molecule has 11 heteroatoms. The summed E-state index contributed by atoms with van der Waals surface area (Å²) < 4.78 is 22.5. The molecule has 242 valence electrons. The van der Waals surface area contributed by atoms with Crippen LogP contribution >= 0.6 is 0 Å². The first-order valence-corrected chi connectivity index (χ1v) is 15.8. The molecule has 8 atom stereocenters. The van der Waals surface area contributed by atoms with Gasteiger partial charge in [-0.1, -0.05) is 38.1 Å². The molecule has 0 spiro atoms. The Kier molecular flexibility index (Phi) is 10.3. The van der Waals surface area contributed by atoms with Crippen molar-refractivity contribution in [3.8, 4) is 11.5 Å². The van der Waals surface area contributed by atoms with Crippen molar-refractivity contribution in [3.05, 3.63) is 48.5 Å². The second-order valence-corrected chi connectivity index (χ2v) is 12.2. The SMILES string of the molecule is CCOCOc1ccccc1NC(=O)C(CC(C)C(=O)OC1C2CC3C(=O)OC1C3C2)CC(CC)C(=O)Nc1ccccc1O. The average Bonchev–Trinajstić information content (AvgIpc) is 3.66. The Balaban J connectivity index is 1.30. The minimum atomic E-state index is -0.749. The normalized spacial score (nSPS) is 24.8. The molecule has 1 heterocycles. The number of para-hydroxylation sites is 4. The zero-order valence-electron chi connectivity index (χ0n) is 25.9. The summed E-state index contributed by atoms with van der Waals surface area (Å²) in [6, 6.07) is 13.4. The van der Waals surface area contributed by atoms with E-state index in [0.29, 0.717) is 30.9 Å². The van der Waals surface area contributed by atoms with Gasteiger partial charge in [-0.15, -0.1) is 0 Å². The van der Waals surface area contributed by atoms with Crippen LogP contribution in [0.5, 0.6) is 11.5 Å². The highest BCUT2D eigenvalue weighted by Gasteiger charge is 2.63. The van der Waals surface area contributed by atoms with Crippen LogP contribution in [0.25, 0.3) is 0 Å². The molecule has 0 radical (unpaired) electrons. The first-order valence-electron chi connectivity index (χ1n) is 15.8. The molecule has 2 saturated carbocycles. The van der Waals surface area contributed by atoms with Gasteiger partial charge in [0.1, 0.15) is 23.7 Å². The van der Waals surface area contributed by atoms with Crippen LogP contribution in [0.15, 0.2) is 48.5 Å². The molecule has 2 aromatic carbocycles. The van der Waals surface area contributed by atoms with E-state index in [9.17, 15) is 24.3 Å². The molecule has 1 aliphatic heterocycles. The quantitative estimate of drug-likeness (QED) is 0.109. The molecule has 2 amide bonds. The van der Waals surface area contributed by atoms with E-state index in [1.165, 1.54) is 6.07 Å². The maximum atomic E-state index is 13.8. The summed E-state index contributed by atoms with van der Waals surface area (Å²) in [6.45, 7) is 5.89. The zero-order valence-corrected chi connectivity index (χ0v) is 25.9. The summed E-state index contributed by atoms with van der Waals surface area (Å²) in [5, 5.41) is 15.9. The van der Waals surface area contributed by atoms with E-state index in [-0.39, 0.29) is 66.6 Å². The number of phenols is 1. The van der Waals surface area contributed by atoms with Crippen LogP contribution in [0, 0.1) is 35.5 Å². The highest BCUT2D eigenvalue weighted by molar-refractivity contribution is 5.96. The number of anilines is 2. The van der Waals surface area contributed by atoms with Gasteiger partial charge in [-0.05, 0) is 63.3 Å². The van der Waals surface area contributed by atoms with Crippen LogP contribution in [0.4, 0.5) is 11.4 Å². The minimum Gasteiger partial charge on any atom is -0.506 e. The lowest BCUT2D eigenvalue weighted by Gasteiger charge is -2.28. The van der Waals surface area contributed by atoms with Crippen LogP contribution in [0.1, 0.15) is 52.9 Å². The summed E-state index contributed by atoms with van der Waals surface area (Å²) in [4.78, 5) is 52.7. The number of esters is 2. The van der Waals surface area contributed by atoms with E-state index in [4.69, 9.17) is 18.9 Å². The van der Waals surface area contributed by atoms with E-state index < -0.39 is 35.9 Å². The maximum Gasteiger partial charge on any atom is 0.309 e. The largest absolute Gasteiger partial charge is 0.506 e. The van der Waals surface area contributed by atoms with Crippen molar-refractivity contribution in [2.24, 2.45) is 35.5 Å². The number of aromatic hydroxyl groups is 1. The molecule has 2 aromatic rings. The molecule has 3 aliphatic rings. The molecule has 1 saturated heterocycles. The Labute approximate surface area is 262 Å². The second kappa shape index (κ2) is 14.3. The van der Waals surface area contributed by atoms with Crippen molar-refractivity contribution in [1.82, 2.24) is 0 Å². The van der Waals surface area contributed by atoms with Gasteiger partial charge >= 0.3 is 11.9 Å². The Bertz CT molecular complexity index is 1400. The van der Waals surface area contributed by atoms with Crippen LogP contribution in [0.2, 0.25) is 0 Å². The number of hydrogen-bond acceptors (Lipinski definition) is 9. The van der Waals surface area contributed by atoms with E-state index in [1.54, 1.807) is 49.4 Å². The number of carbonyl (C=O) groups is 4. The van der Waals surface area contributed by atoms with E-state index in [1.807, 2.05) is 13.8 Å². The third-order valence-electron chi connectivity index (χ3n) is 9.32. The first-order chi connectivity index (χ1) is 21.7. The molecule has 3 N–H and O–H groups in total. The van der Waals surface area contributed by atoms with Gasteiger partial charge in [0.2, 0.25) is 11.8 Å². The third-order valence-corrected chi connectivity index (χ3v) is 9.32. The number of hydrogen-bond donors (Lipinski definition) is 3. The van der Waals surface area contributed by atoms with E-state index in [2.05, 4.69) is 10.6 Å². The number of ether oxygens (including phenoxy) is 4. The summed E-state index contributed by atoms with van der Waals surface area (Å²) in [5.74, 6) is -2.90. The predicted octanol–water partition coefficient (Wildman–Crippen LogP) is 4.89. The average molecular weight is 623 g/mol. The Hall–Kier alpha value is -4.12. The van der Waals surface area contributed by atoms with Crippen molar-refractivity contribution in [1.29, 1.82) is 0 Å². The summed E-state index contributed by atoms with van der Waals surface area (Å²) in [7, 11) is 0. The fourth-order valence-corrected chi connectivity index (χ4v) is 6.88. The number of carbonyl (C=O) groups excluding carboxylic acids is 4. The molecule has 45 heavy (non-hydrogen) atoms. The van der Waals surface area contributed by atoms with Gasteiger partial charge in [-0.25, -0.2) is 0 Å². The molecular formula is C34H42N2O9. The number of benzene rings is 2. The lowest BCUT2D eigenvalue weighted by molar-refractivity contribution is -0.165. The summed E-state index contributed by atoms with van der Waals surface area (Å²) in [5.41, 5.74) is 0.716. The molecule has 5 rings (SSSR count). The highest BCUT2D eigenvalue weighted by atomic mass is 16.7. The lowest BCUT2D eigenvalue weighted by Crippen LogP contribution is -2.38. The molecule has 3 fully saturated rings. The van der Waals surface area contributed by atoms with Gasteiger partial charge < -0.3 is 34.7 Å². The van der Waals surface area contributed by atoms with Gasteiger partial charge in [0.05, 0.1) is 23.2 Å². The van der Waals surface area contributed by atoms with Crippen molar-refractivity contribution in [3.63, 3.8) is 0 Å². The number of rotatable bonds is 15. The summed E-state index contributed by atoms with van der Waals surface area (Å²) >= 11 is 0.